The molecule has 0 amide bonds. The SMILES string of the molecule is Cc1ccc(-c2cccc3c2C(C)(C)c2cccc(CC4(C)c5ccccc5-c5ccc(C6=CC=Ic7ccccc76)cc54)c2-3)c2ccccc12. The molecule has 7 aromatic carbocycles. The lowest BCUT2D eigenvalue weighted by Crippen LogP contribution is -2.24. The minimum atomic E-state index is -0.180. The largest absolute Gasteiger partial charge is 0.0849 e. The van der Waals surface area contributed by atoms with Crippen LogP contribution in [0.25, 0.3) is 49.7 Å². The van der Waals surface area contributed by atoms with Crippen LogP contribution in [0.15, 0.2) is 146 Å². The molecular formula is C50H39I. The Kier molecular flexibility index (Phi) is 6.86. The number of benzene rings is 7. The summed E-state index contributed by atoms with van der Waals surface area (Å²) in [5, 5.41) is 2.66. The predicted molar refractivity (Wildman–Crippen MR) is 226 cm³/mol. The molecule has 7 aromatic rings. The Bertz CT molecular complexity index is 2670. The molecule has 2 aliphatic carbocycles. The smallest absolute Gasteiger partial charge is 0.0227 e. The quantitative estimate of drug-likeness (QED) is 0.157. The van der Waals surface area contributed by atoms with E-state index in [0.29, 0.717) is 0 Å². The molecule has 0 radical (unpaired) electrons. The van der Waals surface area contributed by atoms with E-state index in [1.54, 1.807) is 0 Å². The second kappa shape index (κ2) is 11.3. The number of aryl methyl sites for hydroxylation is 1. The van der Waals surface area contributed by atoms with E-state index < -0.39 is 0 Å². The van der Waals surface area contributed by atoms with Crippen LogP contribution in [0.4, 0.5) is 0 Å². The second-order valence-electron chi connectivity index (χ2n) is 15.3. The van der Waals surface area contributed by atoms with Crippen LogP contribution in [-0.4, -0.2) is 4.01 Å². The second-order valence-corrected chi connectivity index (χ2v) is 17.8. The summed E-state index contributed by atoms with van der Waals surface area (Å²) in [4.78, 5) is 0. The third kappa shape index (κ3) is 4.47. The van der Waals surface area contributed by atoms with Crippen LogP contribution < -0.4 is 0 Å². The third-order valence-electron chi connectivity index (χ3n) is 12.1. The van der Waals surface area contributed by atoms with Crippen LogP contribution in [0, 0.1) is 10.5 Å². The predicted octanol–water partition coefficient (Wildman–Crippen LogP) is 13.0. The summed E-state index contributed by atoms with van der Waals surface area (Å²) >= 11 is -0.0844. The molecule has 0 bridgehead atoms. The topological polar surface area (TPSA) is 0 Å². The van der Waals surface area contributed by atoms with Crippen molar-refractivity contribution in [3.8, 4) is 33.4 Å². The van der Waals surface area contributed by atoms with Gasteiger partial charge in [0.2, 0.25) is 0 Å². The van der Waals surface area contributed by atoms with Gasteiger partial charge in [-0.15, -0.1) is 0 Å². The third-order valence-corrected chi connectivity index (χ3v) is 14.4. The van der Waals surface area contributed by atoms with Crippen LogP contribution in [0.3, 0.4) is 0 Å². The fraction of sp³-hybridized carbons (Fsp3) is 0.140. The number of allylic oxidation sites excluding steroid dienone is 1. The lowest BCUT2D eigenvalue weighted by atomic mass is 9.73. The Morgan fingerprint density at radius 2 is 1.20 bits per heavy atom. The first kappa shape index (κ1) is 30.9. The highest BCUT2D eigenvalue weighted by Gasteiger charge is 2.43. The summed E-state index contributed by atoms with van der Waals surface area (Å²) in [5.74, 6) is 0. The van der Waals surface area contributed by atoms with Gasteiger partial charge in [-0.05, 0) is 130 Å². The molecule has 0 fully saturated rings. The molecule has 0 aromatic heterocycles. The van der Waals surface area contributed by atoms with Crippen LogP contribution in [0.1, 0.15) is 65.3 Å². The minimum Gasteiger partial charge on any atom is -0.0849 e. The Hall–Kier alpha value is -4.86. The minimum absolute atomic E-state index is 0.0844. The molecule has 10 rings (SSSR count). The van der Waals surface area contributed by atoms with Crippen LogP contribution >= 0.6 is 20.7 Å². The van der Waals surface area contributed by atoms with E-state index >= 15 is 0 Å². The molecule has 0 saturated carbocycles. The first-order valence-corrected chi connectivity index (χ1v) is 20.4. The summed E-state index contributed by atoms with van der Waals surface area (Å²) < 4.78 is 3.94. The van der Waals surface area contributed by atoms with Crippen molar-refractivity contribution in [3.05, 3.63) is 194 Å². The number of hydrogen-bond donors (Lipinski definition) is 0. The van der Waals surface area contributed by atoms with Gasteiger partial charge in [0, 0.05) is 14.4 Å². The Labute approximate surface area is 311 Å². The Morgan fingerprint density at radius 3 is 2.08 bits per heavy atom. The van der Waals surface area contributed by atoms with Crippen molar-refractivity contribution < 1.29 is 0 Å². The molecule has 1 atom stereocenters. The van der Waals surface area contributed by atoms with E-state index in [1.165, 1.54) is 97.8 Å². The van der Waals surface area contributed by atoms with Gasteiger partial charge < -0.3 is 0 Å². The molecule has 0 spiro atoms. The normalized spacial score (nSPS) is 17.5. The number of fused-ring (bicyclic) bond motifs is 8. The van der Waals surface area contributed by atoms with Gasteiger partial charge in [0.05, 0.1) is 0 Å². The van der Waals surface area contributed by atoms with Crippen molar-refractivity contribution >= 4 is 41.1 Å². The van der Waals surface area contributed by atoms with Crippen LogP contribution in [0.2, 0.25) is 0 Å². The molecule has 246 valence electrons. The Balaban J connectivity index is 1.14. The molecule has 0 saturated heterocycles. The summed E-state index contributed by atoms with van der Waals surface area (Å²) in [6.07, 6.45) is 3.32. The molecule has 1 heterocycles. The number of halogens is 1. The molecule has 51 heavy (non-hydrogen) atoms. The van der Waals surface area contributed by atoms with E-state index in [4.69, 9.17) is 0 Å². The first-order valence-electron chi connectivity index (χ1n) is 18.1. The molecule has 1 unspecified atom stereocenters. The van der Waals surface area contributed by atoms with Crippen molar-refractivity contribution in [2.45, 2.75) is 44.9 Å². The van der Waals surface area contributed by atoms with E-state index in [-0.39, 0.29) is 31.6 Å². The van der Waals surface area contributed by atoms with Crippen molar-refractivity contribution in [1.82, 2.24) is 0 Å². The van der Waals surface area contributed by atoms with Gasteiger partial charge in [-0.1, -0.05) is 169 Å². The number of hydrogen-bond acceptors (Lipinski definition) is 0. The number of rotatable bonds is 4. The zero-order valence-corrected chi connectivity index (χ0v) is 31.7. The zero-order valence-electron chi connectivity index (χ0n) is 29.5. The molecule has 0 N–H and O–H groups in total. The standard InChI is InChI=1S/C50H39I/c1-31-23-25-37(36-15-6-5-14-34(31)36)41-18-12-19-42-47-33(13-11-21-44(47)49(2,3)48(41)42)30-50(4)43-20-9-7-16-38(43)39-26-24-32(29-45(39)50)35-27-28-51-46-22-10-8-17-40(35)46/h5-29H,30H2,1-4H3. The van der Waals surface area contributed by atoms with Gasteiger partial charge in [0.25, 0.3) is 0 Å². The summed E-state index contributed by atoms with van der Waals surface area (Å²) in [7, 11) is 0. The molecule has 0 nitrogen and oxygen atoms in total. The van der Waals surface area contributed by atoms with Crippen molar-refractivity contribution in [2.24, 2.45) is 0 Å². The van der Waals surface area contributed by atoms with E-state index in [9.17, 15) is 0 Å². The maximum Gasteiger partial charge on any atom is 0.0227 e. The lowest BCUT2D eigenvalue weighted by Gasteiger charge is -2.30. The van der Waals surface area contributed by atoms with E-state index in [0.717, 1.165) is 6.42 Å². The summed E-state index contributed by atoms with van der Waals surface area (Å²) in [6, 6.07) is 53.1. The molecule has 1 aliphatic heterocycles. The first-order chi connectivity index (χ1) is 24.8. The molecule has 1 heteroatoms. The summed E-state index contributed by atoms with van der Waals surface area (Å²) in [5.41, 5.74) is 20.5. The zero-order chi connectivity index (χ0) is 34.5. The highest BCUT2D eigenvalue weighted by atomic mass is 127. The van der Waals surface area contributed by atoms with Crippen molar-refractivity contribution in [1.29, 1.82) is 0 Å². The average molecular weight is 767 g/mol. The summed E-state index contributed by atoms with van der Waals surface area (Å²) in [6.45, 7) is 9.59. The fourth-order valence-electron chi connectivity index (χ4n) is 9.66. The van der Waals surface area contributed by atoms with Gasteiger partial charge in [-0.2, -0.15) is 0 Å². The van der Waals surface area contributed by atoms with Crippen molar-refractivity contribution in [2.75, 3.05) is 0 Å². The van der Waals surface area contributed by atoms with E-state index in [1.807, 2.05) is 0 Å². The van der Waals surface area contributed by atoms with Crippen LogP contribution in [0.5, 0.6) is 0 Å². The molecular weight excluding hydrogens is 727 g/mol. The van der Waals surface area contributed by atoms with Crippen molar-refractivity contribution in [3.63, 3.8) is 0 Å². The average Bonchev–Trinajstić information content (AvgIpc) is 3.56. The maximum atomic E-state index is 2.52. The van der Waals surface area contributed by atoms with Gasteiger partial charge in [-0.25, -0.2) is 0 Å². The van der Waals surface area contributed by atoms with Gasteiger partial charge in [0.1, 0.15) is 0 Å². The van der Waals surface area contributed by atoms with Gasteiger partial charge in [-0.3, -0.25) is 0 Å². The Morgan fingerprint density at radius 1 is 0.529 bits per heavy atom. The maximum absolute atomic E-state index is 2.52. The monoisotopic (exact) mass is 766 g/mol. The fourth-order valence-corrected chi connectivity index (χ4v) is 11.8. The van der Waals surface area contributed by atoms with Gasteiger partial charge >= 0.3 is 0 Å². The van der Waals surface area contributed by atoms with E-state index in [2.05, 4.69) is 177 Å². The lowest BCUT2D eigenvalue weighted by molar-refractivity contribution is 0.582. The highest BCUT2D eigenvalue weighted by molar-refractivity contribution is 14.2. The molecule has 3 aliphatic rings. The van der Waals surface area contributed by atoms with Crippen LogP contribution in [-0.2, 0) is 17.3 Å². The van der Waals surface area contributed by atoms with Gasteiger partial charge in [0.15, 0.2) is 0 Å². The highest BCUT2D eigenvalue weighted by Crippen LogP contribution is 2.57.